The minimum atomic E-state index is -1.50. The maximum absolute atomic E-state index is 13.0. The summed E-state index contributed by atoms with van der Waals surface area (Å²) in [6.45, 7) is 9.87. The summed E-state index contributed by atoms with van der Waals surface area (Å²) in [4.78, 5) is 38.7. The number of fused-ring (bicyclic) bond motifs is 1. The second-order valence-electron chi connectivity index (χ2n) is 9.79. The number of aliphatic hydroxyl groups is 2. The van der Waals surface area contributed by atoms with Gasteiger partial charge in [-0.25, -0.2) is 24.5 Å². The van der Waals surface area contributed by atoms with Crippen molar-refractivity contribution in [3.8, 4) is 0 Å². The molecule has 2 aromatic rings. The highest BCUT2D eigenvalue weighted by Gasteiger charge is 2.50. The van der Waals surface area contributed by atoms with E-state index in [1.165, 1.54) is 10.9 Å². The number of carbonyl (C=O) groups is 2. The van der Waals surface area contributed by atoms with E-state index in [0.717, 1.165) is 0 Å². The lowest BCUT2D eigenvalue weighted by atomic mass is 10.1. The summed E-state index contributed by atoms with van der Waals surface area (Å²) >= 11 is 12.0. The van der Waals surface area contributed by atoms with Gasteiger partial charge in [0.25, 0.3) is 0 Å². The summed E-state index contributed by atoms with van der Waals surface area (Å²) in [6, 6.07) is -1.97. The lowest BCUT2D eigenvalue weighted by Gasteiger charge is -2.33. The van der Waals surface area contributed by atoms with Crippen LogP contribution in [0.25, 0.3) is 11.2 Å². The summed E-state index contributed by atoms with van der Waals surface area (Å²) in [5.74, 6) is 0. The van der Waals surface area contributed by atoms with Crippen molar-refractivity contribution >= 4 is 46.6 Å². The van der Waals surface area contributed by atoms with Crippen LogP contribution >= 0.6 is 23.2 Å². The number of amides is 2. The van der Waals surface area contributed by atoms with Gasteiger partial charge in [-0.05, 0) is 59.6 Å². The highest BCUT2D eigenvalue weighted by atomic mass is 35.5. The molecule has 1 fully saturated rings. The minimum Gasteiger partial charge on any atom is -0.443 e. The molecule has 0 aromatic carbocycles. The highest BCUT2D eigenvalue weighted by molar-refractivity contribution is 6.35. The summed E-state index contributed by atoms with van der Waals surface area (Å²) in [6.07, 6.45) is -3.55. The molecule has 4 unspecified atom stereocenters. The van der Waals surface area contributed by atoms with E-state index in [1.54, 1.807) is 41.5 Å². The Labute approximate surface area is 200 Å². The zero-order valence-corrected chi connectivity index (χ0v) is 20.6. The number of halogens is 2. The molecule has 13 heteroatoms. The average molecular weight is 504 g/mol. The van der Waals surface area contributed by atoms with E-state index in [1.807, 2.05) is 0 Å². The highest BCUT2D eigenvalue weighted by Crippen LogP contribution is 2.37. The first-order valence-electron chi connectivity index (χ1n) is 10.3. The van der Waals surface area contributed by atoms with Gasteiger partial charge in [-0.1, -0.05) is 11.6 Å². The van der Waals surface area contributed by atoms with Crippen molar-refractivity contribution in [1.82, 2.24) is 24.4 Å². The van der Waals surface area contributed by atoms with E-state index in [2.05, 4.69) is 15.0 Å². The molecular formula is C20H27Cl2N5O6. The van der Waals surface area contributed by atoms with Crippen molar-refractivity contribution in [2.24, 2.45) is 0 Å². The van der Waals surface area contributed by atoms with Gasteiger partial charge in [0.05, 0.1) is 18.4 Å². The van der Waals surface area contributed by atoms with Gasteiger partial charge in [0.1, 0.15) is 28.9 Å². The number of hydrogen-bond donors (Lipinski definition) is 2. The number of aliphatic hydroxyl groups excluding tert-OH is 2. The van der Waals surface area contributed by atoms with Crippen molar-refractivity contribution in [1.29, 1.82) is 0 Å². The molecule has 4 atom stereocenters. The fourth-order valence-corrected chi connectivity index (χ4v) is 4.01. The Hall–Kier alpha value is -2.21. The van der Waals surface area contributed by atoms with E-state index >= 15 is 0 Å². The number of nitrogens with zero attached hydrogens (tertiary/aromatic N) is 5. The molecule has 0 bridgehead atoms. The minimum absolute atomic E-state index is 0.0254. The molecule has 0 spiro atoms. The van der Waals surface area contributed by atoms with Crippen LogP contribution in [-0.4, -0.2) is 76.3 Å². The van der Waals surface area contributed by atoms with E-state index in [0.29, 0.717) is 4.90 Å². The van der Waals surface area contributed by atoms with Gasteiger partial charge in [0.2, 0.25) is 5.28 Å². The van der Waals surface area contributed by atoms with Crippen LogP contribution < -0.4 is 0 Å². The van der Waals surface area contributed by atoms with Crippen LogP contribution in [0.2, 0.25) is 10.4 Å². The van der Waals surface area contributed by atoms with Crippen LogP contribution in [0.1, 0.15) is 54.0 Å². The largest absolute Gasteiger partial charge is 0.443 e. The molecule has 1 aliphatic rings. The monoisotopic (exact) mass is 503 g/mol. The van der Waals surface area contributed by atoms with Gasteiger partial charge in [-0.2, -0.15) is 4.98 Å². The molecular weight excluding hydrogens is 477 g/mol. The van der Waals surface area contributed by atoms with Crippen molar-refractivity contribution in [2.45, 2.75) is 83.5 Å². The van der Waals surface area contributed by atoms with Crippen LogP contribution in [0.5, 0.6) is 0 Å². The quantitative estimate of drug-likeness (QED) is 0.466. The molecule has 33 heavy (non-hydrogen) atoms. The summed E-state index contributed by atoms with van der Waals surface area (Å²) in [5.41, 5.74) is -1.34. The second-order valence-corrected chi connectivity index (χ2v) is 10.5. The molecule has 2 N–H and O–H groups in total. The van der Waals surface area contributed by atoms with Gasteiger partial charge in [0, 0.05) is 0 Å². The molecule has 3 rings (SSSR count). The van der Waals surface area contributed by atoms with E-state index in [-0.39, 0.29) is 28.0 Å². The average Bonchev–Trinajstić information content (AvgIpc) is 3.15. The zero-order chi connectivity index (χ0) is 24.9. The smallest absolute Gasteiger partial charge is 0.420 e. The van der Waals surface area contributed by atoms with Crippen molar-refractivity contribution < 1.29 is 29.3 Å². The third-order valence-electron chi connectivity index (χ3n) is 4.84. The first kappa shape index (κ1) is 25.4. The third-order valence-corrected chi connectivity index (χ3v) is 5.27. The topological polar surface area (TPSA) is 140 Å². The number of aromatic nitrogens is 4. The number of ether oxygens (including phenoxy) is 2. The van der Waals surface area contributed by atoms with E-state index in [4.69, 9.17) is 32.7 Å². The summed E-state index contributed by atoms with van der Waals surface area (Å²) in [7, 11) is 0. The van der Waals surface area contributed by atoms with E-state index < -0.39 is 47.7 Å². The summed E-state index contributed by atoms with van der Waals surface area (Å²) < 4.78 is 12.2. The van der Waals surface area contributed by atoms with Crippen LogP contribution in [0.15, 0.2) is 6.33 Å². The lowest BCUT2D eigenvalue weighted by molar-refractivity contribution is -0.0349. The van der Waals surface area contributed by atoms with Crippen LogP contribution in [0.4, 0.5) is 9.59 Å². The molecule has 1 saturated carbocycles. The molecule has 0 saturated heterocycles. The molecule has 0 radical (unpaired) electrons. The third kappa shape index (κ3) is 5.48. The van der Waals surface area contributed by atoms with Crippen LogP contribution in [-0.2, 0) is 9.47 Å². The zero-order valence-electron chi connectivity index (χ0n) is 19.1. The molecule has 2 aromatic heterocycles. The molecule has 2 amide bonds. The number of imide groups is 1. The molecule has 182 valence electrons. The number of hydrogen-bond acceptors (Lipinski definition) is 9. The Kier molecular flexibility index (Phi) is 6.82. The van der Waals surface area contributed by atoms with Crippen molar-refractivity contribution in [3.05, 3.63) is 16.8 Å². The fourth-order valence-electron chi connectivity index (χ4n) is 3.59. The molecule has 0 aliphatic heterocycles. The van der Waals surface area contributed by atoms with Gasteiger partial charge in [0.15, 0.2) is 10.8 Å². The van der Waals surface area contributed by atoms with Gasteiger partial charge in [-0.15, -0.1) is 0 Å². The lowest BCUT2D eigenvalue weighted by Crippen LogP contribution is -2.52. The van der Waals surface area contributed by atoms with Crippen molar-refractivity contribution in [3.63, 3.8) is 0 Å². The molecule has 11 nitrogen and oxygen atoms in total. The second kappa shape index (κ2) is 8.86. The first-order chi connectivity index (χ1) is 15.1. The Morgan fingerprint density at radius 2 is 1.58 bits per heavy atom. The van der Waals surface area contributed by atoms with Gasteiger partial charge >= 0.3 is 12.2 Å². The number of carbonyl (C=O) groups excluding carboxylic acids is 2. The molecule has 1 aliphatic carbocycles. The maximum Gasteiger partial charge on any atom is 0.420 e. The number of imidazole rings is 1. The maximum atomic E-state index is 13.0. The van der Waals surface area contributed by atoms with Gasteiger partial charge in [-0.3, -0.25) is 0 Å². The van der Waals surface area contributed by atoms with Gasteiger partial charge < -0.3 is 24.3 Å². The Morgan fingerprint density at radius 3 is 2.09 bits per heavy atom. The Morgan fingerprint density at radius 1 is 1.03 bits per heavy atom. The summed E-state index contributed by atoms with van der Waals surface area (Å²) in [5, 5.41) is 21.6. The van der Waals surface area contributed by atoms with E-state index in [9.17, 15) is 19.8 Å². The SMILES string of the molecule is CC(C)(C)OC(=O)N(C(=O)OC(C)(C)C)C1CC(n2cnc3c(Cl)nc(Cl)nc32)C(O)C1O. The Bertz CT molecular complexity index is 1040. The molecule has 2 heterocycles. The first-order valence-corrected chi connectivity index (χ1v) is 11.0. The predicted octanol–water partition coefficient (Wildman–Crippen LogP) is 3.34. The standard InChI is InChI=1S/C20H27Cl2N5O6/c1-19(2,3)32-17(30)27(18(31)33-20(4,5)6)10-7-9(12(28)13(10)29)26-8-23-11-14(21)24-16(22)25-15(11)26/h8-10,12-13,28-29H,7H2,1-6H3. The normalized spacial score (nSPS) is 23.6. The van der Waals surface area contributed by atoms with Crippen molar-refractivity contribution in [2.75, 3.05) is 0 Å². The fraction of sp³-hybridized carbons (Fsp3) is 0.650. The van der Waals surface area contributed by atoms with Crippen LogP contribution in [0, 0.1) is 0 Å². The van der Waals surface area contributed by atoms with Crippen LogP contribution in [0.3, 0.4) is 0 Å². The predicted molar refractivity (Wildman–Crippen MR) is 119 cm³/mol. The number of rotatable bonds is 2. The Balaban J connectivity index is 1.99.